The fraction of sp³-hybridized carbons (Fsp3) is 0.462. The molecule has 0 unspecified atom stereocenters. The van der Waals surface area contributed by atoms with E-state index in [1.54, 1.807) is 7.11 Å². The maximum atomic E-state index is 11.2. The maximum Gasteiger partial charge on any atom is 0.147 e. The Labute approximate surface area is 123 Å². The van der Waals surface area contributed by atoms with E-state index in [2.05, 4.69) is 4.98 Å². The van der Waals surface area contributed by atoms with Crippen LogP contribution in [-0.2, 0) is 22.3 Å². The van der Waals surface area contributed by atoms with Gasteiger partial charge in [-0.1, -0.05) is 6.07 Å². The average Bonchev–Trinajstić information content (AvgIpc) is 2.75. The van der Waals surface area contributed by atoms with Gasteiger partial charge in [0.15, 0.2) is 0 Å². The number of aromatic nitrogens is 2. The molecule has 0 saturated carbocycles. The molecule has 0 aliphatic heterocycles. The molecular formula is C13H17ClN2O3S. The summed E-state index contributed by atoms with van der Waals surface area (Å²) in [5, 5.41) is 0. The number of aryl methyl sites for hydroxylation is 1. The Morgan fingerprint density at radius 2 is 2.15 bits per heavy atom. The number of hydrogen-bond donors (Lipinski definition) is 0. The molecule has 0 aliphatic rings. The van der Waals surface area contributed by atoms with Crippen LogP contribution in [0.15, 0.2) is 18.2 Å². The third kappa shape index (κ3) is 3.24. The summed E-state index contributed by atoms with van der Waals surface area (Å²) in [6.45, 7) is 0.568. The van der Waals surface area contributed by atoms with Crippen LogP contribution in [0, 0.1) is 0 Å². The number of sulfone groups is 1. The number of alkyl halides is 1. The van der Waals surface area contributed by atoms with E-state index in [0.717, 1.165) is 16.9 Å². The first-order valence-electron chi connectivity index (χ1n) is 6.22. The van der Waals surface area contributed by atoms with E-state index >= 15 is 0 Å². The molecule has 0 saturated heterocycles. The molecule has 0 bridgehead atoms. The van der Waals surface area contributed by atoms with Gasteiger partial charge < -0.3 is 9.30 Å². The van der Waals surface area contributed by atoms with Crippen LogP contribution in [0.25, 0.3) is 11.0 Å². The summed E-state index contributed by atoms with van der Waals surface area (Å²) in [7, 11) is -1.36. The van der Waals surface area contributed by atoms with Crippen molar-refractivity contribution >= 4 is 32.5 Å². The van der Waals surface area contributed by atoms with Gasteiger partial charge in [-0.2, -0.15) is 0 Å². The van der Waals surface area contributed by atoms with Crippen LogP contribution in [0.4, 0.5) is 0 Å². The molecule has 110 valence electrons. The molecule has 0 amide bonds. The number of methoxy groups -OCH3 is 1. The molecule has 1 aromatic heterocycles. The number of benzene rings is 1. The van der Waals surface area contributed by atoms with E-state index < -0.39 is 9.84 Å². The number of para-hydroxylation sites is 1. The minimum atomic E-state index is -2.95. The monoisotopic (exact) mass is 316 g/mol. The van der Waals surface area contributed by atoms with Crippen molar-refractivity contribution < 1.29 is 13.2 Å². The van der Waals surface area contributed by atoms with E-state index in [4.69, 9.17) is 16.3 Å². The number of hydrogen-bond acceptors (Lipinski definition) is 4. The van der Waals surface area contributed by atoms with Crippen molar-refractivity contribution in [3.8, 4) is 5.75 Å². The van der Waals surface area contributed by atoms with Crippen LogP contribution in [0.3, 0.4) is 0 Å². The molecule has 0 spiro atoms. The zero-order valence-electron chi connectivity index (χ0n) is 11.5. The highest BCUT2D eigenvalue weighted by molar-refractivity contribution is 7.90. The highest BCUT2D eigenvalue weighted by Crippen LogP contribution is 2.26. The Balaban J connectivity index is 2.36. The fourth-order valence-electron chi connectivity index (χ4n) is 2.17. The van der Waals surface area contributed by atoms with Crippen LogP contribution >= 0.6 is 11.6 Å². The second-order valence-corrected chi connectivity index (χ2v) is 7.15. The average molecular weight is 317 g/mol. The lowest BCUT2D eigenvalue weighted by Gasteiger charge is -2.07. The SMILES string of the molecule is COc1cccc2c1nc(CCl)n2CCCS(C)(=O)=O. The predicted molar refractivity (Wildman–Crippen MR) is 80.2 cm³/mol. The van der Waals surface area contributed by atoms with Crippen molar-refractivity contribution in [2.24, 2.45) is 0 Å². The highest BCUT2D eigenvalue weighted by Gasteiger charge is 2.13. The summed E-state index contributed by atoms with van der Waals surface area (Å²) in [5.74, 6) is 1.84. The molecule has 0 aliphatic carbocycles. The Morgan fingerprint density at radius 3 is 2.75 bits per heavy atom. The van der Waals surface area contributed by atoms with E-state index in [0.29, 0.717) is 18.7 Å². The number of rotatable bonds is 6. The summed E-state index contributed by atoms with van der Waals surface area (Å²) in [6.07, 6.45) is 1.77. The first kappa shape index (κ1) is 15.1. The first-order chi connectivity index (χ1) is 9.46. The number of imidazole rings is 1. The summed E-state index contributed by atoms with van der Waals surface area (Å²) in [4.78, 5) is 4.47. The number of fused-ring (bicyclic) bond motifs is 1. The maximum absolute atomic E-state index is 11.2. The zero-order chi connectivity index (χ0) is 14.8. The van der Waals surface area contributed by atoms with Crippen molar-refractivity contribution in [1.82, 2.24) is 9.55 Å². The molecule has 2 aromatic rings. The molecule has 0 atom stereocenters. The van der Waals surface area contributed by atoms with Crippen LogP contribution in [0.5, 0.6) is 5.75 Å². The number of halogens is 1. The van der Waals surface area contributed by atoms with Gasteiger partial charge in [-0.15, -0.1) is 11.6 Å². The van der Waals surface area contributed by atoms with Gasteiger partial charge in [0, 0.05) is 12.8 Å². The third-order valence-corrected chi connectivity index (χ3v) is 4.33. The zero-order valence-corrected chi connectivity index (χ0v) is 13.0. The molecule has 7 heteroatoms. The molecule has 0 fully saturated rings. The van der Waals surface area contributed by atoms with E-state index in [-0.39, 0.29) is 11.6 Å². The largest absolute Gasteiger partial charge is 0.494 e. The van der Waals surface area contributed by atoms with Gasteiger partial charge in [-0.05, 0) is 18.6 Å². The van der Waals surface area contributed by atoms with Crippen molar-refractivity contribution in [2.45, 2.75) is 18.8 Å². The molecule has 2 rings (SSSR count). The summed E-state index contributed by atoms with van der Waals surface area (Å²) in [5.41, 5.74) is 1.67. The van der Waals surface area contributed by atoms with Crippen molar-refractivity contribution in [2.75, 3.05) is 19.1 Å². The Morgan fingerprint density at radius 1 is 1.40 bits per heavy atom. The first-order valence-corrected chi connectivity index (χ1v) is 8.81. The van der Waals surface area contributed by atoms with Gasteiger partial charge >= 0.3 is 0 Å². The Kier molecular flexibility index (Phi) is 4.55. The highest BCUT2D eigenvalue weighted by atomic mass is 35.5. The molecule has 0 N–H and O–H groups in total. The topological polar surface area (TPSA) is 61.2 Å². The smallest absolute Gasteiger partial charge is 0.147 e. The number of ether oxygens (including phenoxy) is 1. The van der Waals surface area contributed by atoms with Crippen molar-refractivity contribution in [3.63, 3.8) is 0 Å². The standard InChI is InChI=1S/C13H17ClN2O3S/c1-19-11-6-3-5-10-13(11)15-12(9-14)16(10)7-4-8-20(2,17)18/h3,5-6H,4,7-9H2,1-2H3. The van der Waals surface area contributed by atoms with Gasteiger partial charge in [-0.25, -0.2) is 13.4 Å². The summed E-state index contributed by atoms with van der Waals surface area (Å²) < 4.78 is 29.7. The van der Waals surface area contributed by atoms with Crippen LogP contribution in [0.1, 0.15) is 12.2 Å². The molecular weight excluding hydrogens is 300 g/mol. The van der Waals surface area contributed by atoms with E-state index in [1.807, 2.05) is 22.8 Å². The van der Waals surface area contributed by atoms with Gasteiger partial charge in [-0.3, -0.25) is 0 Å². The second-order valence-electron chi connectivity index (χ2n) is 4.62. The minimum absolute atomic E-state index is 0.151. The van der Waals surface area contributed by atoms with E-state index in [1.165, 1.54) is 6.26 Å². The van der Waals surface area contributed by atoms with Gasteiger partial charge in [0.1, 0.15) is 26.9 Å². The molecule has 0 radical (unpaired) electrons. The summed E-state index contributed by atoms with van der Waals surface area (Å²) >= 11 is 5.93. The van der Waals surface area contributed by atoms with E-state index in [9.17, 15) is 8.42 Å². The molecule has 5 nitrogen and oxygen atoms in total. The van der Waals surface area contributed by atoms with Crippen LogP contribution in [0.2, 0.25) is 0 Å². The van der Waals surface area contributed by atoms with Crippen LogP contribution in [-0.4, -0.2) is 37.1 Å². The number of nitrogens with zero attached hydrogens (tertiary/aromatic N) is 2. The normalized spacial score (nSPS) is 11.9. The predicted octanol–water partition coefficient (Wildman–Crippen LogP) is 2.22. The van der Waals surface area contributed by atoms with Crippen molar-refractivity contribution in [3.05, 3.63) is 24.0 Å². The quantitative estimate of drug-likeness (QED) is 0.767. The summed E-state index contributed by atoms with van der Waals surface area (Å²) in [6, 6.07) is 5.66. The lowest BCUT2D eigenvalue weighted by molar-refractivity contribution is 0.419. The molecule has 1 aromatic carbocycles. The second kappa shape index (κ2) is 6.01. The Bertz CT molecular complexity index is 710. The van der Waals surface area contributed by atoms with Gasteiger partial charge in [0.2, 0.25) is 0 Å². The van der Waals surface area contributed by atoms with Gasteiger partial charge in [0.25, 0.3) is 0 Å². The Hall–Kier alpha value is -1.27. The van der Waals surface area contributed by atoms with Crippen molar-refractivity contribution in [1.29, 1.82) is 0 Å². The lowest BCUT2D eigenvalue weighted by atomic mass is 10.3. The van der Waals surface area contributed by atoms with Gasteiger partial charge in [0.05, 0.1) is 24.3 Å². The molecule has 20 heavy (non-hydrogen) atoms. The fourth-order valence-corrected chi connectivity index (χ4v) is 3.03. The van der Waals surface area contributed by atoms with Crippen LogP contribution < -0.4 is 4.74 Å². The third-order valence-electron chi connectivity index (χ3n) is 3.06. The molecule has 1 heterocycles. The minimum Gasteiger partial charge on any atom is -0.494 e. The lowest BCUT2D eigenvalue weighted by Crippen LogP contribution is -2.09.